The first-order chi connectivity index (χ1) is 12.3. The molecule has 3 N–H and O–H groups in total. The number of carbonyl (C=O) groups is 1. The summed E-state index contributed by atoms with van der Waals surface area (Å²) in [5, 5.41) is 4.77. The molecule has 6 heteroatoms. The van der Waals surface area contributed by atoms with Crippen LogP contribution in [0.15, 0.2) is 48.5 Å². The SMILES string of the molecule is CC(C)c1ccccc1NC(=O)C[NH2+]CCc1ccc(C(F)(F)F)cc1. The molecule has 0 bridgehead atoms. The average molecular weight is 365 g/mol. The molecule has 2 aromatic rings. The van der Waals surface area contributed by atoms with Gasteiger partial charge < -0.3 is 10.6 Å². The van der Waals surface area contributed by atoms with Crippen LogP contribution in [0.3, 0.4) is 0 Å². The van der Waals surface area contributed by atoms with Gasteiger partial charge in [0.1, 0.15) is 0 Å². The molecule has 0 spiro atoms. The lowest BCUT2D eigenvalue weighted by Crippen LogP contribution is -2.86. The third-order valence-electron chi connectivity index (χ3n) is 4.11. The number of hydrogen-bond acceptors (Lipinski definition) is 1. The normalized spacial score (nSPS) is 11.6. The van der Waals surface area contributed by atoms with Gasteiger partial charge in [-0.2, -0.15) is 13.2 Å². The molecule has 0 atom stereocenters. The van der Waals surface area contributed by atoms with Gasteiger partial charge in [-0.1, -0.05) is 44.2 Å². The van der Waals surface area contributed by atoms with Crippen molar-refractivity contribution < 1.29 is 23.3 Å². The van der Waals surface area contributed by atoms with Gasteiger partial charge in [0.15, 0.2) is 6.54 Å². The lowest BCUT2D eigenvalue weighted by atomic mass is 10.0. The van der Waals surface area contributed by atoms with Gasteiger partial charge in [-0.3, -0.25) is 4.79 Å². The quantitative estimate of drug-likeness (QED) is 0.724. The van der Waals surface area contributed by atoms with Crippen LogP contribution in [0.1, 0.15) is 36.5 Å². The van der Waals surface area contributed by atoms with Gasteiger partial charge in [0.05, 0.1) is 12.1 Å². The van der Waals surface area contributed by atoms with Gasteiger partial charge in [0.2, 0.25) is 0 Å². The molecule has 0 aliphatic carbocycles. The molecule has 2 aromatic carbocycles. The number of anilines is 1. The predicted molar refractivity (Wildman–Crippen MR) is 96.0 cm³/mol. The van der Waals surface area contributed by atoms with Crippen molar-refractivity contribution >= 4 is 11.6 Å². The number of nitrogens with one attached hydrogen (secondary N) is 1. The Kier molecular flexibility index (Phi) is 6.80. The van der Waals surface area contributed by atoms with Crippen LogP contribution in [0.4, 0.5) is 18.9 Å². The van der Waals surface area contributed by atoms with Crippen LogP contribution in [-0.4, -0.2) is 19.0 Å². The highest BCUT2D eigenvalue weighted by Crippen LogP contribution is 2.29. The number of benzene rings is 2. The molecule has 0 aliphatic heterocycles. The van der Waals surface area contributed by atoms with Crippen molar-refractivity contribution in [3.8, 4) is 0 Å². The third kappa shape index (κ3) is 5.88. The summed E-state index contributed by atoms with van der Waals surface area (Å²) in [6.07, 6.45) is -3.71. The Bertz CT molecular complexity index is 725. The smallest absolute Gasteiger partial charge is 0.338 e. The maximum Gasteiger partial charge on any atom is 0.416 e. The summed E-state index contributed by atoms with van der Waals surface area (Å²) < 4.78 is 37.6. The fraction of sp³-hybridized carbons (Fsp3) is 0.350. The van der Waals surface area contributed by atoms with Crippen LogP contribution in [0.25, 0.3) is 0 Å². The van der Waals surface area contributed by atoms with Gasteiger partial charge in [-0.05, 0) is 35.2 Å². The molecular formula is C20H24F3N2O+. The minimum atomic E-state index is -4.31. The zero-order chi connectivity index (χ0) is 19.2. The Morgan fingerprint density at radius 2 is 1.73 bits per heavy atom. The third-order valence-corrected chi connectivity index (χ3v) is 4.11. The molecule has 0 heterocycles. The molecule has 1 amide bonds. The average Bonchev–Trinajstić information content (AvgIpc) is 2.58. The first kappa shape index (κ1) is 20.0. The van der Waals surface area contributed by atoms with Crippen LogP contribution in [-0.2, 0) is 17.4 Å². The highest BCUT2D eigenvalue weighted by atomic mass is 19.4. The van der Waals surface area contributed by atoms with Crippen LogP contribution in [0.2, 0.25) is 0 Å². The number of carbonyl (C=O) groups excluding carboxylic acids is 1. The number of halogens is 3. The molecule has 0 radical (unpaired) electrons. The highest BCUT2D eigenvalue weighted by molar-refractivity contribution is 5.92. The van der Waals surface area contributed by atoms with Crippen molar-refractivity contribution in [2.75, 3.05) is 18.4 Å². The lowest BCUT2D eigenvalue weighted by molar-refractivity contribution is -0.643. The van der Waals surface area contributed by atoms with E-state index in [0.29, 0.717) is 18.9 Å². The van der Waals surface area contributed by atoms with E-state index in [9.17, 15) is 18.0 Å². The van der Waals surface area contributed by atoms with Crippen molar-refractivity contribution in [1.29, 1.82) is 0 Å². The van der Waals surface area contributed by atoms with Crippen LogP contribution < -0.4 is 10.6 Å². The number of hydrogen-bond donors (Lipinski definition) is 2. The Hall–Kier alpha value is -2.34. The number of quaternary nitrogens is 1. The summed E-state index contributed by atoms with van der Waals surface area (Å²) in [4.78, 5) is 12.1. The zero-order valence-electron chi connectivity index (χ0n) is 14.9. The van der Waals surface area contributed by atoms with Crippen molar-refractivity contribution in [2.24, 2.45) is 0 Å². The fourth-order valence-corrected chi connectivity index (χ4v) is 2.68. The number of amides is 1. The van der Waals surface area contributed by atoms with Gasteiger partial charge in [0, 0.05) is 12.1 Å². The number of alkyl halides is 3. The zero-order valence-corrected chi connectivity index (χ0v) is 14.9. The predicted octanol–water partition coefficient (Wildman–Crippen LogP) is 3.57. The maximum atomic E-state index is 12.5. The highest BCUT2D eigenvalue weighted by Gasteiger charge is 2.29. The number of nitrogens with two attached hydrogens (primary N) is 1. The largest absolute Gasteiger partial charge is 0.416 e. The van der Waals surface area contributed by atoms with Crippen molar-refractivity contribution in [1.82, 2.24) is 0 Å². The molecule has 0 saturated heterocycles. The van der Waals surface area contributed by atoms with E-state index >= 15 is 0 Å². The fourth-order valence-electron chi connectivity index (χ4n) is 2.68. The van der Waals surface area contributed by atoms with Crippen molar-refractivity contribution in [3.05, 3.63) is 65.2 Å². The molecule has 0 unspecified atom stereocenters. The van der Waals surface area contributed by atoms with E-state index < -0.39 is 11.7 Å². The van der Waals surface area contributed by atoms with Gasteiger partial charge in [-0.25, -0.2) is 0 Å². The second-order valence-corrected chi connectivity index (χ2v) is 6.52. The summed E-state index contributed by atoms with van der Waals surface area (Å²) in [5.41, 5.74) is 2.09. The second-order valence-electron chi connectivity index (χ2n) is 6.52. The van der Waals surface area contributed by atoms with Crippen molar-refractivity contribution in [2.45, 2.75) is 32.4 Å². The maximum absolute atomic E-state index is 12.5. The summed E-state index contributed by atoms with van der Waals surface area (Å²) in [6.45, 7) is 5.04. The van der Waals surface area contributed by atoms with Crippen LogP contribution in [0, 0.1) is 0 Å². The molecule has 26 heavy (non-hydrogen) atoms. The summed E-state index contributed by atoms with van der Waals surface area (Å²) in [5.74, 6) is 0.223. The standard InChI is InChI=1S/C20H23F3N2O/c1-14(2)17-5-3-4-6-18(17)25-19(26)13-24-12-11-15-7-9-16(10-8-15)20(21,22)23/h3-10,14,24H,11-13H2,1-2H3,(H,25,26)/p+1. The first-order valence-electron chi connectivity index (χ1n) is 8.64. The molecule has 0 fully saturated rings. The van der Waals surface area contributed by atoms with Crippen LogP contribution in [0.5, 0.6) is 0 Å². The number of para-hydroxylation sites is 1. The lowest BCUT2D eigenvalue weighted by Gasteiger charge is -2.13. The van der Waals surface area contributed by atoms with E-state index in [1.807, 2.05) is 29.6 Å². The summed E-state index contributed by atoms with van der Waals surface area (Å²) in [6, 6.07) is 12.8. The topological polar surface area (TPSA) is 45.7 Å². The minimum absolute atomic E-state index is 0.0921. The molecule has 0 saturated carbocycles. The summed E-state index contributed by atoms with van der Waals surface area (Å²) in [7, 11) is 0. The molecule has 140 valence electrons. The molecule has 2 rings (SSSR count). The monoisotopic (exact) mass is 365 g/mol. The van der Waals surface area contributed by atoms with E-state index in [1.54, 1.807) is 0 Å². The van der Waals surface area contributed by atoms with E-state index in [-0.39, 0.29) is 12.5 Å². The van der Waals surface area contributed by atoms with E-state index in [0.717, 1.165) is 28.9 Å². The number of rotatable bonds is 7. The van der Waals surface area contributed by atoms with E-state index in [4.69, 9.17) is 0 Å². The first-order valence-corrected chi connectivity index (χ1v) is 8.64. The second kappa shape index (κ2) is 8.85. The van der Waals surface area contributed by atoms with Gasteiger partial charge >= 0.3 is 6.18 Å². The van der Waals surface area contributed by atoms with Gasteiger partial charge in [-0.15, -0.1) is 0 Å². The van der Waals surface area contributed by atoms with Crippen LogP contribution >= 0.6 is 0 Å². The Labute approximate surface area is 151 Å². The Balaban J connectivity index is 1.77. The molecular weight excluding hydrogens is 341 g/mol. The summed E-state index contributed by atoms with van der Waals surface area (Å²) >= 11 is 0. The van der Waals surface area contributed by atoms with Gasteiger partial charge in [0.25, 0.3) is 5.91 Å². The minimum Gasteiger partial charge on any atom is -0.338 e. The van der Waals surface area contributed by atoms with Crippen molar-refractivity contribution in [3.63, 3.8) is 0 Å². The molecule has 0 aliphatic rings. The Morgan fingerprint density at radius 3 is 2.35 bits per heavy atom. The molecule has 3 nitrogen and oxygen atoms in total. The van der Waals surface area contributed by atoms with E-state index in [2.05, 4.69) is 19.2 Å². The van der Waals surface area contributed by atoms with E-state index in [1.165, 1.54) is 12.1 Å². The Morgan fingerprint density at radius 1 is 1.08 bits per heavy atom. The molecule has 0 aromatic heterocycles.